The fraction of sp³-hybridized carbons (Fsp3) is 0.395. The highest BCUT2D eigenvalue weighted by molar-refractivity contribution is 6.08. The van der Waals surface area contributed by atoms with Gasteiger partial charge in [0.05, 0.1) is 11.4 Å². The Hall–Kier alpha value is -4.58. The van der Waals surface area contributed by atoms with Crippen molar-refractivity contribution in [2.24, 2.45) is 10.7 Å². The molecule has 3 aliphatic rings. The number of rotatable bonds is 11. The third-order valence-corrected chi connectivity index (χ3v) is 7.33. The van der Waals surface area contributed by atoms with Crippen molar-refractivity contribution in [1.82, 2.24) is 16.0 Å². The molecule has 0 bridgehead atoms. The quantitative estimate of drug-likeness (QED) is 0.100. The smallest absolute Gasteiger partial charge is 0.149 e. The maximum Gasteiger partial charge on any atom is 0.149 e. The average Bonchev–Trinajstić information content (AvgIpc) is 3.18. The summed E-state index contributed by atoms with van der Waals surface area (Å²) in [6.45, 7) is 38.2. The Kier molecular flexibility index (Phi) is 23.1. The maximum atomic E-state index is 11.1. The van der Waals surface area contributed by atoms with Gasteiger partial charge >= 0.3 is 0 Å². The molecule has 6 heteroatoms. The van der Waals surface area contributed by atoms with Crippen molar-refractivity contribution in [3.05, 3.63) is 144 Å². The molecule has 0 aromatic heterocycles. The Morgan fingerprint density at radius 2 is 1.69 bits per heavy atom. The molecule has 268 valence electrons. The van der Waals surface area contributed by atoms with Crippen molar-refractivity contribution in [1.29, 1.82) is 0 Å². The summed E-state index contributed by atoms with van der Waals surface area (Å²) in [5, 5.41) is 10.5. The molecule has 0 aromatic rings. The lowest BCUT2D eigenvalue weighted by molar-refractivity contribution is -0.104. The normalized spacial score (nSPS) is 19.0. The first-order valence-electron chi connectivity index (χ1n) is 17.6. The lowest BCUT2D eigenvalue weighted by Crippen LogP contribution is -2.28. The second kappa shape index (κ2) is 25.4. The molecule has 0 fully saturated rings. The number of nitrogens with zero attached hydrogens (tertiary/aromatic N) is 1. The third kappa shape index (κ3) is 19.1. The van der Waals surface area contributed by atoms with Crippen LogP contribution in [0.5, 0.6) is 0 Å². The molecule has 49 heavy (non-hydrogen) atoms. The number of carbonyl (C=O) groups excluding carboxylic acids is 1. The molecule has 0 saturated carbocycles. The van der Waals surface area contributed by atoms with Crippen molar-refractivity contribution in [3.8, 4) is 0 Å². The number of nitrogens with two attached hydrogens (primary N) is 1. The van der Waals surface area contributed by atoms with Gasteiger partial charge in [0, 0.05) is 46.6 Å². The van der Waals surface area contributed by atoms with E-state index in [1.807, 2.05) is 52.8 Å². The van der Waals surface area contributed by atoms with E-state index in [4.69, 9.17) is 5.73 Å². The molecule has 0 saturated heterocycles. The first-order chi connectivity index (χ1) is 23.3. The highest BCUT2D eigenvalue weighted by Crippen LogP contribution is 2.26. The summed E-state index contributed by atoms with van der Waals surface area (Å²) in [4.78, 5) is 15.8. The van der Waals surface area contributed by atoms with Crippen molar-refractivity contribution < 1.29 is 4.79 Å². The minimum absolute atomic E-state index is 0.252. The number of aliphatic imine (C=N–C) groups is 1. The first-order valence-corrected chi connectivity index (χ1v) is 17.6. The minimum Gasteiger partial charge on any atom is -0.399 e. The summed E-state index contributed by atoms with van der Waals surface area (Å²) in [5.74, 6) is 0. The Labute approximate surface area is 299 Å². The van der Waals surface area contributed by atoms with Gasteiger partial charge in [0.1, 0.15) is 6.29 Å². The largest absolute Gasteiger partial charge is 0.399 e. The van der Waals surface area contributed by atoms with E-state index in [1.54, 1.807) is 0 Å². The molecule has 1 aliphatic heterocycles. The van der Waals surface area contributed by atoms with Gasteiger partial charge in [-0.2, -0.15) is 0 Å². The van der Waals surface area contributed by atoms with E-state index < -0.39 is 0 Å². The van der Waals surface area contributed by atoms with Crippen molar-refractivity contribution in [2.45, 2.75) is 106 Å². The van der Waals surface area contributed by atoms with Gasteiger partial charge in [-0.05, 0) is 100 Å². The zero-order valence-electron chi connectivity index (χ0n) is 31.7. The van der Waals surface area contributed by atoms with Gasteiger partial charge in [0.25, 0.3) is 0 Å². The summed E-state index contributed by atoms with van der Waals surface area (Å²) < 4.78 is 0. The van der Waals surface area contributed by atoms with Crippen LogP contribution in [0.4, 0.5) is 0 Å². The van der Waals surface area contributed by atoms with Crippen LogP contribution in [0.25, 0.3) is 0 Å². The summed E-state index contributed by atoms with van der Waals surface area (Å²) in [7, 11) is 0. The van der Waals surface area contributed by atoms with E-state index in [9.17, 15) is 4.79 Å². The van der Waals surface area contributed by atoms with Crippen LogP contribution in [0.15, 0.2) is 149 Å². The van der Waals surface area contributed by atoms with E-state index in [0.717, 1.165) is 90.8 Å². The van der Waals surface area contributed by atoms with Gasteiger partial charge < -0.3 is 21.7 Å². The number of hydrogen-bond donors (Lipinski definition) is 4. The first kappa shape index (κ1) is 44.4. The molecule has 1 heterocycles. The van der Waals surface area contributed by atoms with Gasteiger partial charge in [-0.15, -0.1) is 0 Å². The van der Waals surface area contributed by atoms with Gasteiger partial charge in [0.2, 0.25) is 0 Å². The highest BCUT2D eigenvalue weighted by Gasteiger charge is 2.15. The molecule has 1 atom stereocenters. The molecule has 0 spiro atoms. The van der Waals surface area contributed by atoms with Crippen LogP contribution >= 0.6 is 0 Å². The second-order valence-electron chi connectivity index (χ2n) is 12.2. The fourth-order valence-corrected chi connectivity index (χ4v) is 4.57. The monoisotopic (exact) mass is 668 g/mol. The second-order valence-corrected chi connectivity index (χ2v) is 12.2. The number of allylic oxidation sites excluding steroid dienone is 11. The van der Waals surface area contributed by atoms with Gasteiger partial charge in [0.15, 0.2) is 0 Å². The SMILES string of the molecule is C=C(C)C(=C)N.C=C(C)N=C(/C=C(\C)C(=C)NC1C/C=C\C(C=O)=C/CCC1)C(=C)NCC1=CC2=C(CC=C1)CCC(=C)N2.CC.CCC. The molecular formula is C43H65N5O. The lowest BCUT2D eigenvalue weighted by atomic mass is 9.99. The molecule has 1 unspecified atom stereocenters. The van der Waals surface area contributed by atoms with Crippen LogP contribution < -0.4 is 21.7 Å². The van der Waals surface area contributed by atoms with Crippen LogP contribution in [0.3, 0.4) is 0 Å². The fourth-order valence-electron chi connectivity index (χ4n) is 4.57. The topological polar surface area (TPSA) is 91.5 Å². The molecule has 6 nitrogen and oxygen atoms in total. The molecule has 0 radical (unpaired) electrons. The predicted molar refractivity (Wildman–Crippen MR) is 217 cm³/mol. The van der Waals surface area contributed by atoms with E-state index >= 15 is 0 Å². The van der Waals surface area contributed by atoms with E-state index in [-0.39, 0.29) is 6.04 Å². The zero-order valence-corrected chi connectivity index (χ0v) is 31.7. The van der Waals surface area contributed by atoms with E-state index in [1.165, 1.54) is 23.3 Å². The molecule has 5 N–H and O–H groups in total. The van der Waals surface area contributed by atoms with Crippen LogP contribution in [-0.4, -0.2) is 24.6 Å². The zero-order chi connectivity index (χ0) is 37.4. The van der Waals surface area contributed by atoms with Crippen molar-refractivity contribution in [2.75, 3.05) is 6.54 Å². The lowest BCUT2D eigenvalue weighted by Gasteiger charge is -2.21. The summed E-state index contributed by atoms with van der Waals surface area (Å²) in [6.07, 6.45) is 23.5. The summed E-state index contributed by atoms with van der Waals surface area (Å²) in [6, 6.07) is 0.252. The Morgan fingerprint density at radius 1 is 1.04 bits per heavy atom. The standard InChI is InChI=1S/C33H42N4O.C5H9N.C3H8.C2H6/c1-23(2)35-32(19-24(3)26(5)37-31-15-8-7-11-28(22-38)12-10-16-31)27(6)34-21-29-13-9-14-30-18-17-25(4)36-33(30)20-29;1-4(2)5(3)6;1-3-2;1-2/h9-13,19-20,22,31,34,36-37H,1,4-8,14-18,21H2,2-3H3;1,3,6H2,2H3;3H2,1-2H3;1-2H3/b12-10-,24-19+,28-11+,35-32?;;;. The van der Waals surface area contributed by atoms with Gasteiger partial charge in [-0.3, -0.25) is 9.79 Å². The Bertz CT molecular complexity index is 1390. The number of carbonyl (C=O) groups is 1. The molecular weight excluding hydrogens is 603 g/mol. The van der Waals surface area contributed by atoms with Crippen LogP contribution in [0.1, 0.15) is 99.8 Å². The summed E-state index contributed by atoms with van der Waals surface area (Å²) in [5.41, 5.74) is 16.1. The van der Waals surface area contributed by atoms with Gasteiger partial charge in [-0.25, -0.2) is 0 Å². The average molecular weight is 668 g/mol. The van der Waals surface area contributed by atoms with Crippen LogP contribution in [0, 0.1) is 0 Å². The molecule has 3 rings (SSSR count). The van der Waals surface area contributed by atoms with Crippen molar-refractivity contribution in [3.63, 3.8) is 0 Å². The van der Waals surface area contributed by atoms with Crippen LogP contribution in [0.2, 0.25) is 0 Å². The maximum absolute atomic E-state index is 11.1. The van der Waals surface area contributed by atoms with Gasteiger partial charge in [-0.1, -0.05) is 104 Å². The van der Waals surface area contributed by atoms with E-state index in [2.05, 4.69) is 98.6 Å². The molecule has 2 aliphatic carbocycles. The third-order valence-electron chi connectivity index (χ3n) is 7.33. The highest BCUT2D eigenvalue weighted by atomic mass is 16.1. The molecule has 0 amide bonds. The number of aldehydes is 1. The Balaban J connectivity index is 0.00000183. The number of hydrogen-bond acceptors (Lipinski definition) is 6. The summed E-state index contributed by atoms with van der Waals surface area (Å²) >= 11 is 0. The van der Waals surface area contributed by atoms with E-state index in [0.29, 0.717) is 17.9 Å². The molecule has 0 aromatic carbocycles. The van der Waals surface area contributed by atoms with Crippen molar-refractivity contribution >= 4 is 12.0 Å². The predicted octanol–water partition coefficient (Wildman–Crippen LogP) is 10.3. The number of nitrogens with one attached hydrogen (secondary N) is 3. The Morgan fingerprint density at radius 3 is 2.29 bits per heavy atom. The van der Waals surface area contributed by atoms with Crippen LogP contribution in [-0.2, 0) is 4.79 Å². The minimum atomic E-state index is 0.252.